The topological polar surface area (TPSA) is 63.0 Å². The second-order valence-electron chi connectivity index (χ2n) is 7.56. The summed E-state index contributed by atoms with van der Waals surface area (Å²) < 4.78 is 10.5. The number of hydrogen-bond donors (Lipinski definition) is 0. The Kier molecular flexibility index (Phi) is 7.87. The average molecular weight is 399 g/mol. The molecule has 2 aromatic rings. The molecule has 2 amide bonds. The summed E-state index contributed by atoms with van der Waals surface area (Å²) in [6.45, 7) is 0.913. The van der Waals surface area contributed by atoms with Gasteiger partial charge in [-0.05, 0) is 30.5 Å². The van der Waals surface area contributed by atoms with E-state index < -0.39 is 0 Å². The van der Waals surface area contributed by atoms with Crippen molar-refractivity contribution in [3.8, 4) is 0 Å². The smallest absolute Gasteiger partial charge is 0.249 e. The molecule has 1 aliphatic rings. The molecule has 1 fully saturated rings. The van der Waals surface area contributed by atoms with Crippen LogP contribution in [0.1, 0.15) is 43.4 Å². The molecule has 29 heavy (non-hydrogen) atoms. The maximum atomic E-state index is 13.3. The molecule has 0 spiro atoms. The van der Waals surface area contributed by atoms with Crippen molar-refractivity contribution in [1.82, 2.24) is 9.80 Å². The zero-order valence-electron chi connectivity index (χ0n) is 17.1. The quantitative estimate of drug-likeness (QED) is 0.647. The Morgan fingerprint density at radius 1 is 1.00 bits per heavy atom. The maximum Gasteiger partial charge on any atom is 0.249 e. The number of methoxy groups -OCH3 is 1. The summed E-state index contributed by atoms with van der Waals surface area (Å²) >= 11 is 0. The van der Waals surface area contributed by atoms with E-state index in [1.54, 1.807) is 16.1 Å². The van der Waals surface area contributed by atoms with Crippen LogP contribution < -0.4 is 0 Å². The molecular weight excluding hydrogens is 368 g/mol. The number of hydrogen-bond acceptors (Lipinski definition) is 4. The van der Waals surface area contributed by atoms with Gasteiger partial charge in [-0.15, -0.1) is 0 Å². The van der Waals surface area contributed by atoms with E-state index >= 15 is 0 Å². The normalized spacial score (nSPS) is 14.5. The lowest BCUT2D eigenvalue weighted by atomic mass is 9.94. The Hall–Kier alpha value is -2.60. The summed E-state index contributed by atoms with van der Waals surface area (Å²) in [5.74, 6) is 0.521. The first-order valence-electron chi connectivity index (χ1n) is 10.3. The summed E-state index contributed by atoms with van der Waals surface area (Å²) in [7, 11) is 1.51. The minimum atomic E-state index is -0.120. The van der Waals surface area contributed by atoms with Gasteiger partial charge in [-0.1, -0.05) is 49.6 Å². The highest BCUT2D eigenvalue weighted by atomic mass is 16.5. The molecule has 0 radical (unpaired) electrons. The SMILES string of the molecule is COCC(=O)N(CC(=O)N(Cc1ccccc1)Cc1ccco1)C1CCCCC1. The first-order chi connectivity index (χ1) is 14.2. The van der Waals surface area contributed by atoms with Crippen molar-refractivity contribution < 1.29 is 18.7 Å². The highest BCUT2D eigenvalue weighted by Crippen LogP contribution is 2.23. The van der Waals surface area contributed by atoms with Gasteiger partial charge in [-0.2, -0.15) is 0 Å². The second kappa shape index (κ2) is 10.8. The van der Waals surface area contributed by atoms with Gasteiger partial charge in [0.25, 0.3) is 0 Å². The van der Waals surface area contributed by atoms with Crippen LogP contribution in [0.25, 0.3) is 0 Å². The lowest BCUT2D eigenvalue weighted by molar-refractivity contribution is -0.146. The molecule has 6 heteroatoms. The van der Waals surface area contributed by atoms with E-state index in [9.17, 15) is 9.59 Å². The van der Waals surface area contributed by atoms with Crippen LogP contribution in [0.3, 0.4) is 0 Å². The van der Waals surface area contributed by atoms with Crippen molar-refractivity contribution in [2.45, 2.75) is 51.2 Å². The molecule has 0 atom stereocenters. The number of amides is 2. The van der Waals surface area contributed by atoms with E-state index in [1.807, 2.05) is 42.5 Å². The van der Waals surface area contributed by atoms with Crippen molar-refractivity contribution in [3.63, 3.8) is 0 Å². The zero-order chi connectivity index (χ0) is 20.5. The van der Waals surface area contributed by atoms with Crippen molar-refractivity contribution in [2.24, 2.45) is 0 Å². The van der Waals surface area contributed by atoms with Gasteiger partial charge in [0.1, 0.15) is 18.9 Å². The lowest BCUT2D eigenvalue weighted by Crippen LogP contribution is -2.49. The molecule has 1 aliphatic carbocycles. The van der Waals surface area contributed by atoms with Gasteiger partial charge < -0.3 is 19.0 Å². The Balaban J connectivity index is 1.75. The number of benzene rings is 1. The van der Waals surface area contributed by atoms with Crippen LogP contribution >= 0.6 is 0 Å². The first kappa shape index (κ1) is 21.1. The van der Waals surface area contributed by atoms with Crippen LogP contribution in [0, 0.1) is 0 Å². The largest absolute Gasteiger partial charge is 0.467 e. The van der Waals surface area contributed by atoms with Gasteiger partial charge in [0.05, 0.1) is 12.8 Å². The van der Waals surface area contributed by atoms with Crippen molar-refractivity contribution in [3.05, 3.63) is 60.1 Å². The highest BCUT2D eigenvalue weighted by molar-refractivity contribution is 5.85. The monoisotopic (exact) mass is 398 g/mol. The van der Waals surface area contributed by atoms with Gasteiger partial charge in [0.2, 0.25) is 11.8 Å². The minimum Gasteiger partial charge on any atom is -0.467 e. The molecule has 0 saturated heterocycles. The van der Waals surface area contributed by atoms with Crippen molar-refractivity contribution in [1.29, 1.82) is 0 Å². The summed E-state index contributed by atoms with van der Waals surface area (Å²) in [6.07, 6.45) is 6.87. The summed E-state index contributed by atoms with van der Waals surface area (Å²) in [4.78, 5) is 29.5. The molecule has 156 valence electrons. The lowest BCUT2D eigenvalue weighted by Gasteiger charge is -2.35. The average Bonchev–Trinajstić information content (AvgIpc) is 3.26. The Labute approximate surface area is 172 Å². The van der Waals surface area contributed by atoms with Crippen molar-refractivity contribution >= 4 is 11.8 Å². The van der Waals surface area contributed by atoms with E-state index in [0.29, 0.717) is 13.1 Å². The van der Waals surface area contributed by atoms with E-state index in [-0.39, 0.29) is 31.0 Å². The number of carbonyl (C=O) groups is 2. The molecule has 1 heterocycles. The summed E-state index contributed by atoms with van der Waals surface area (Å²) in [6, 6.07) is 13.7. The van der Waals surface area contributed by atoms with Crippen LogP contribution in [0.4, 0.5) is 0 Å². The molecule has 3 rings (SSSR count). The molecule has 0 aliphatic heterocycles. The molecule has 0 unspecified atom stereocenters. The number of nitrogens with zero attached hydrogens (tertiary/aromatic N) is 2. The predicted octanol–water partition coefficient (Wildman–Crippen LogP) is 3.62. The fraction of sp³-hybridized carbons (Fsp3) is 0.478. The number of ether oxygens (including phenoxy) is 1. The van der Waals surface area contributed by atoms with Crippen LogP contribution in [-0.2, 0) is 27.4 Å². The molecular formula is C23H30N2O4. The molecule has 1 saturated carbocycles. The maximum absolute atomic E-state index is 13.3. The third-order valence-corrected chi connectivity index (χ3v) is 5.40. The van der Waals surface area contributed by atoms with E-state index in [0.717, 1.165) is 37.0 Å². The van der Waals surface area contributed by atoms with Gasteiger partial charge in [-0.3, -0.25) is 9.59 Å². The van der Waals surface area contributed by atoms with Gasteiger partial charge in [0.15, 0.2) is 0 Å². The van der Waals surface area contributed by atoms with E-state index in [1.165, 1.54) is 13.5 Å². The van der Waals surface area contributed by atoms with Gasteiger partial charge in [-0.25, -0.2) is 0 Å². The predicted molar refractivity (Wildman–Crippen MR) is 110 cm³/mol. The van der Waals surface area contributed by atoms with Gasteiger partial charge >= 0.3 is 0 Å². The second-order valence-corrected chi connectivity index (χ2v) is 7.56. The van der Waals surface area contributed by atoms with Crippen molar-refractivity contribution in [2.75, 3.05) is 20.3 Å². The molecule has 1 aromatic heterocycles. The molecule has 6 nitrogen and oxygen atoms in total. The van der Waals surface area contributed by atoms with Crippen LogP contribution in [0.15, 0.2) is 53.1 Å². The first-order valence-corrected chi connectivity index (χ1v) is 10.3. The van der Waals surface area contributed by atoms with E-state index in [4.69, 9.17) is 9.15 Å². The zero-order valence-corrected chi connectivity index (χ0v) is 17.1. The third kappa shape index (κ3) is 6.19. The van der Waals surface area contributed by atoms with Crippen LogP contribution in [0.2, 0.25) is 0 Å². The highest BCUT2D eigenvalue weighted by Gasteiger charge is 2.29. The Bertz CT molecular complexity index is 754. The minimum absolute atomic E-state index is 0.000644. The number of rotatable bonds is 9. The molecule has 0 bridgehead atoms. The fourth-order valence-electron chi connectivity index (χ4n) is 3.89. The molecule has 0 N–H and O–H groups in total. The van der Waals surface area contributed by atoms with Gasteiger partial charge in [0, 0.05) is 19.7 Å². The standard InChI is InChI=1S/C23H30N2O4/c1-28-18-23(27)25(20-11-6-3-7-12-20)17-22(26)24(16-21-13-8-14-29-21)15-19-9-4-2-5-10-19/h2,4-5,8-10,13-14,20H,3,6-7,11-12,15-18H2,1H3. The number of carbonyl (C=O) groups excluding carboxylic acids is 2. The fourth-order valence-corrected chi connectivity index (χ4v) is 3.89. The Morgan fingerprint density at radius 2 is 1.76 bits per heavy atom. The van der Waals surface area contributed by atoms with Crippen LogP contribution in [-0.4, -0.2) is 47.9 Å². The Morgan fingerprint density at radius 3 is 2.41 bits per heavy atom. The van der Waals surface area contributed by atoms with E-state index in [2.05, 4.69) is 0 Å². The summed E-state index contributed by atoms with van der Waals surface area (Å²) in [5, 5.41) is 0. The number of furan rings is 1. The molecule has 1 aromatic carbocycles. The van der Waals surface area contributed by atoms with Crippen LogP contribution in [0.5, 0.6) is 0 Å². The third-order valence-electron chi connectivity index (χ3n) is 5.40. The summed E-state index contributed by atoms with van der Waals surface area (Å²) in [5.41, 5.74) is 1.04.